The van der Waals surface area contributed by atoms with E-state index in [1.54, 1.807) is 0 Å². The molecule has 0 aliphatic heterocycles. The van der Waals surface area contributed by atoms with Crippen LogP contribution in [0.5, 0.6) is 0 Å². The zero-order chi connectivity index (χ0) is 7.07. The van der Waals surface area contributed by atoms with Gasteiger partial charge in [-0.3, -0.25) is 4.79 Å². The largest absolute Gasteiger partial charge is 0.299 e. The third kappa shape index (κ3) is 1.26. The molecular formula is C7H11ClO. The van der Waals surface area contributed by atoms with Crippen molar-refractivity contribution in [2.24, 2.45) is 5.92 Å². The number of alkyl halides is 1. The average molecular weight is 147 g/mol. The maximum absolute atomic E-state index is 10.8. The third-order valence-corrected chi connectivity index (χ3v) is 2.16. The molecule has 1 atom stereocenters. The monoisotopic (exact) mass is 146 g/mol. The molecule has 1 aliphatic rings. The van der Waals surface area contributed by atoms with E-state index in [0.29, 0.717) is 5.78 Å². The van der Waals surface area contributed by atoms with Crippen LogP contribution >= 0.6 is 11.6 Å². The second-order valence-electron chi connectivity index (χ2n) is 3.12. The summed E-state index contributed by atoms with van der Waals surface area (Å²) in [5.74, 6) is 0.453. The minimum Gasteiger partial charge on any atom is -0.299 e. The van der Waals surface area contributed by atoms with Crippen LogP contribution in [0.1, 0.15) is 26.7 Å². The van der Waals surface area contributed by atoms with Crippen molar-refractivity contribution in [3.05, 3.63) is 0 Å². The van der Waals surface area contributed by atoms with Gasteiger partial charge in [0.1, 0.15) is 5.78 Å². The second-order valence-corrected chi connectivity index (χ2v) is 4.10. The van der Waals surface area contributed by atoms with Crippen molar-refractivity contribution in [1.29, 1.82) is 0 Å². The van der Waals surface area contributed by atoms with E-state index in [9.17, 15) is 4.79 Å². The van der Waals surface area contributed by atoms with Crippen molar-refractivity contribution >= 4 is 17.4 Å². The zero-order valence-electron chi connectivity index (χ0n) is 5.78. The molecule has 1 aliphatic carbocycles. The van der Waals surface area contributed by atoms with Crippen molar-refractivity contribution in [2.75, 3.05) is 0 Å². The first kappa shape index (κ1) is 7.07. The summed E-state index contributed by atoms with van der Waals surface area (Å²) in [4.78, 5) is 10.5. The molecule has 0 spiro atoms. The summed E-state index contributed by atoms with van der Waals surface area (Å²) in [5.41, 5.74) is 0. The molecule has 0 radical (unpaired) electrons. The van der Waals surface area contributed by atoms with E-state index in [4.69, 9.17) is 11.6 Å². The van der Waals surface area contributed by atoms with Crippen LogP contribution in [-0.4, -0.2) is 10.7 Å². The van der Waals surface area contributed by atoms with Gasteiger partial charge in [0.15, 0.2) is 0 Å². The van der Waals surface area contributed by atoms with Crippen LogP contribution in [0.2, 0.25) is 0 Å². The maximum atomic E-state index is 10.8. The third-order valence-electron chi connectivity index (χ3n) is 1.90. The van der Waals surface area contributed by atoms with E-state index < -0.39 is 0 Å². The van der Waals surface area contributed by atoms with Crippen LogP contribution in [0.15, 0.2) is 0 Å². The van der Waals surface area contributed by atoms with Crippen LogP contribution in [0.25, 0.3) is 0 Å². The molecule has 1 unspecified atom stereocenters. The van der Waals surface area contributed by atoms with Gasteiger partial charge in [0, 0.05) is 17.2 Å². The number of halogens is 1. The topological polar surface area (TPSA) is 17.1 Å². The highest BCUT2D eigenvalue weighted by Crippen LogP contribution is 2.36. The highest BCUT2D eigenvalue weighted by atomic mass is 35.5. The first-order valence-electron chi connectivity index (χ1n) is 3.23. The fraction of sp³-hybridized carbons (Fsp3) is 0.857. The normalized spacial score (nSPS) is 27.9. The smallest absolute Gasteiger partial charge is 0.137 e. The van der Waals surface area contributed by atoms with Gasteiger partial charge < -0.3 is 0 Å². The molecule has 0 saturated heterocycles. The molecule has 0 aromatic rings. The Morgan fingerprint density at radius 3 is 2.22 bits per heavy atom. The Morgan fingerprint density at radius 1 is 1.67 bits per heavy atom. The van der Waals surface area contributed by atoms with E-state index in [1.165, 1.54) is 0 Å². The lowest BCUT2D eigenvalue weighted by Crippen LogP contribution is -2.39. The summed E-state index contributed by atoms with van der Waals surface area (Å²) < 4.78 is 0. The second kappa shape index (κ2) is 1.98. The van der Waals surface area contributed by atoms with Crippen molar-refractivity contribution in [1.82, 2.24) is 0 Å². The molecule has 0 aromatic heterocycles. The van der Waals surface area contributed by atoms with Gasteiger partial charge in [-0.05, 0) is 20.3 Å². The molecular weight excluding hydrogens is 136 g/mol. The number of rotatable bonds is 1. The fourth-order valence-electron chi connectivity index (χ4n) is 1.13. The summed E-state index contributed by atoms with van der Waals surface area (Å²) in [5, 5.41) is 0. The first-order valence-corrected chi connectivity index (χ1v) is 3.61. The standard InChI is InChI=1S/C7H11ClO/c1-7(2,8)5-3-4-6(5)9/h5H,3-4H2,1-2H3. The molecule has 0 aromatic carbocycles. The zero-order valence-corrected chi connectivity index (χ0v) is 6.53. The van der Waals surface area contributed by atoms with Crippen LogP contribution in [-0.2, 0) is 4.79 Å². The summed E-state index contributed by atoms with van der Waals surface area (Å²) in [6, 6.07) is 0. The number of carbonyl (C=O) groups excluding carboxylic acids is 1. The highest BCUT2D eigenvalue weighted by Gasteiger charge is 2.39. The Hall–Kier alpha value is -0.0400. The molecule has 1 fully saturated rings. The molecule has 0 amide bonds. The van der Waals surface area contributed by atoms with Crippen molar-refractivity contribution in [3.8, 4) is 0 Å². The summed E-state index contributed by atoms with van der Waals surface area (Å²) in [7, 11) is 0. The van der Waals surface area contributed by atoms with Crippen LogP contribution < -0.4 is 0 Å². The lowest BCUT2D eigenvalue weighted by molar-refractivity contribution is -0.130. The fourth-order valence-corrected chi connectivity index (χ4v) is 1.36. The predicted molar refractivity (Wildman–Crippen MR) is 37.7 cm³/mol. The van der Waals surface area contributed by atoms with E-state index in [2.05, 4.69) is 0 Å². The van der Waals surface area contributed by atoms with Gasteiger partial charge in [-0.25, -0.2) is 0 Å². The molecule has 0 N–H and O–H groups in total. The molecule has 0 bridgehead atoms. The minimum atomic E-state index is -0.310. The SMILES string of the molecule is CC(C)(Cl)C1CCC1=O. The quantitative estimate of drug-likeness (QED) is 0.517. The first-order chi connectivity index (χ1) is 4.02. The lowest BCUT2D eigenvalue weighted by Gasteiger charge is -2.33. The van der Waals surface area contributed by atoms with Crippen molar-refractivity contribution in [2.45, 2.75) is 31.6 Å². The number of ketones is 1. The van der Waals surface area contributed by atoms with E-state index in [-0.39, 0.29) is 10.8 Å². The van der Waals surface area contributed by atoms with Gasteiger partial charge in [-0.2, -0.15) is 0 Å². The summed E-state index contributed by atoms with van der Waals surface area (Å²) >= 11 is 5.91. The predicted octanol–water partition coefficient (Wildman–Crippen LogP) is 1.98. The van der Waals surface area contributed by atoms with Gasteiger partial charge in [-0.1, -0.05) is 0 Å². The van der Waals surface area contributed by atoms with E-state index in [1.807, 2.05) is 13.8 Å². The van der Waals surface area contributed by atoms with Gasteiger partial charge in [0.05, 0.1) is 0 Å². The van der Waals surface area contributed by atoms with Gasteiger partial charge >= 0.3 is 0 Å². The van der Waals surface area contributed by atoms with Gasteiger partial charge in [0.2, 0.25) is 0 Å². The summed E-state index contributed by atoms with van der Waals surface area (Å²) in [6.07, 6.45) is 1.72. The highest BCUT2D eigenvalue weighted by molar-refractivity contribution is 6.25. The Kier molecular flexibility index (Phi) is 1.55. The Bertz CT molecular complexity index is 134. The Labute approximate surface area is 60.4 Å². The van der Waals surface area contributed by atoms with Crippen molar-refractivity contribution < 1.29 is 4.79 Å². The number of carbonyl (C=O) groups is 1. The number of hydrogen-bond donors (Lipinski definition) is 0. The molecule has 2 heteroatoms. The minimum absolute atomic E-state index is 0.124. The average Bonchev–Trinajstić information content (AvgIpc) is 1.57. The van der Waals surface area contributed by atoms with Crippen LogP contribution in [0.4, 0.5) is 0 Å². The molecule has 9 heavy (non-hydrogen) atoms. The number of Topliss-reactive ketones (excluding diaryl/α,β-unsaturated/α-hetero) is 1. The van der Waals surface area contributed by atoms with Crippen LogP contribution in [0, 0.1) is 5.92 Å². The van der Waals surface area contributed by atoms with Crippen LogP contribution in [0.3, 0.4) is 0 Å². The Balaban J connectivity index is 2.54. The lowest BCUT2D eigenvalue weighted by atomic mass is 9.76. The summed E-state index contributed by atoms with van der Waals surface area (Å²) in [6.45, 7) is 3.80. The molecule has 1 rings (SSSR count). The maximum Gasteiger partial charge on any atom is 0.137 e. The van der Waals surface area contributed by atoms with Crippen molar-refractivity contribution in [3.63, 3.8) is 0 Å². The Morgan fingerprint density at radius 2 is 2.22 bits per heavy atom. The number of hydrogen-bond acceptors (Lipinski definition) is 1. The van der Waals surface area contributed by atoms with Gasteiger partial charge in [0.25, 0.3) is 0 Å². The molecule has 0 heterocycles. The molecule has 1 nitrogen and oxygen atoms in total. The van der Waals surface area contributed by atoms with Gasteiger partial charge in [-0.15, -0.1) is 11.6 Å². The molecule has 1 saturated carbocycles. The van der Waals surface area contributed by atoms with E-state index in [0.717, 1.165) is 12.8 Å². The van der Waals surface area contributed by atoms with E-state index >= 15 is 0 Å². The molecule has 52 valence electrons.